The van der Waals surface area contributed by atoms with Gasteiger partial charge in [-0.2, -0.15) is 0 Å². The minimum absolute atomic E-state index is 0.0216. The molecule has 0 saturated carbocycles. The van der Waals surface area contributed by atoms with E-state index in [9.17, 15) is 0 Å². The zero-order valence-electron chi connectivity index (χ0n) is 11.5. The van der Waals surface area contributed by atoms with Crippen LogP contribution in [0.3, 0.4) is 0 Å². The van der Waals surface area contributed by atoms with E-state index in [1.165, 1.54) is 0 Å². The maximum atomic E-state index is 5.96. The largest absolute Gasteiger partial charge is 0.348 e. The Balaban J connectivity index is 2.03. The second kappa shape index (κ2) is 4.50. The monoisotopic (exact) mass is 244 g/mol. The van der Waals surface area contributed by atoms with Crippen LogP contribution in [0.5, 0.6) is 0 Å². The fraction of sp³-hybridized carbons (Fsp3) is 1.00. The first-order chi connectivity index (χ1) is 7.83. The standard InChI is InChI=1S/C13H24O4/c1-6-7-9-11(17-13(4,5)15-9)10-8-14-12(2,3)16-10/h9-11H,6-8H2,1-5H3. The summed E-state index contributed by atoms with van der Waals surface area (Å²) in [5.74, 6) is -1.02. The first-order valence-corrected chi connectivity index (χ1v) is 6.50. The summed E-state index contributed by atoms with van der Waals surface area (Å²) in [6.07, 6.45) is 2.14. The molecule has 3 atom stereocenters. The number of rotatable bonds is 3. The highest BCUT2D eigenvalue weighted by atomic mass is 16.8. The van der Waals surface area contributed by atoms with E-state index in [1.807, 2.05) is 27.7 Å². The third-order valence-corrected chi connectivity index (χ3v) is 3.19. The van der Waals surface area contributed by atoms with Gasteiger partial charge in [0.25, 0.3) is 0 Å². The summed E-state index contributed by atoms with van der Waals surface area (Å²) in [7, 11) is 0. The molecule has 3 unspecified atom stereocenters. The van der Waals surface area contributed by atoms with E-state index in [2.05, 4.69) is 6.92 Å². The fourth-order valence-corrected chi connectivity index (χ4v) is 2.56. The Morgan fingerprint density at radius 1 is 1.00 bits per heavy atom. The van der Waals surface area contributed by atoms with Crippen molar-refractivity contribution < 1.29 is 18.9 Å². The summed E-state index contributed by atoms with van der Waals surface area (Å²) in [4.78, 5) is 0. The van der Waals surface area contributed by atoms with Gasteiger partial charge in [0, 0.05) is 0 Å². The molecule has 2 aliphatic rings. The molecule has 0 aromatic heterocycles. The first kappa shape index (κ1) is 13.3. The second-order valence-electron chi connectivity index (χ2n) is 5.79. The Bertz CT molecular complexity index is 275. The van der Waals surface area contributed by atoms with Gasteiger partial charge in [-0.3, -0.25) is 0 Å². The predicted octanol–water partition coefficient (Wildman–Crippen LogP) is 2.46. The van der Waals surface area contributed by atoms with E-state index in [0.29, 0.717) is 6.61 Å². The Morgan fingerprint density at radius 3 is 2.24 bits per heavy atom. The Labute approximate surface area is 104 Å². The fourth-order valence-electron chi connectivity index (χ4n) is 2.56. The SMILES string of the molecule is CCCC1OC(C)(C)OC1C1COC(C)(C)O1. The number of ether oxygens (including phenoxy) is 4. The van der Waals surface area contributed by atoms with Crippen molar-refractivity contribution in [2.24, 2.45) is 0 Å². The third-order valence-electron chi connectivity index (χ3n) is 3.19. The van der Waals surface area contributed by atoms with E-state index >= 15 is 0 Å². The molecule has 100 valence electrons. The molecule has 2 heterocycles. The van der Waals surface area contributed by atoms with Crippen LogP contribution in [0.15, 0.2) is 0 Å². The molecule has 0 N–H and O–H groups in total. The highest BCUT2D eigenvalue weighted by Gasteiger charge is 2.49. The molecule has 0 aromatic carbocycles. The van der Waals surface area contributed by atoms with Crippen LogP contribution >= 0.6 is 0 Å². The van der Waals surface area contributed by atoms with E-state index in [-0.39, 0.29) is 18.3 Å². The summed E-state index contributed by atoms with van der Waals surface area (Å²) in [6.45, 7) is 10.5. The van der Waals surface area contributed by atoms with Crippen LogP contribution in [0, 0.1) is 0 Å². The van der Waals surface area contributed by atoms with Crippen molar-refractivity contribution in [3.63, 3.8) is 0 Å². The average molecular weight is 244 g/mol. The van der Waals surface area contributed by atoms with E-state index in [0.717, 1.165) is 12.8 Å². The molecule has 2 rings (SSSR count). The van der Waals surface area contributed by atoms with Gasteiger partial charge in [0.05, 0.1) is 12.7 Å². The predicted molar refractivity (Wildman–Crippen MR) is 63.6 cm³/mol. The van der Waals surface area contributed by atoms with Gasteiger partial charge < -0.3 is 18.9 Å². The van der Waals surface area contributed by atoms with Crippen LogP contribution in [-0.4, -0.2) is 36.5 Å². The van der Waals surface area contributed by atoms with Crippen molar-refractivity contribution in [3.8, 4) is 0 Å². The lowest BCUT2D eigenvalue weighted by atomic mass is 10.0. The molecule has 0 aliphatic carbocycles. The average Bonchev–Trinajstić information content (AvgIpc) is 2.67. The molecule has 0 bridgehead atoms. The Kier molecular flexibility index (Phi) is 3.51. The zero-order valence-corrected chi connectivity index (χ0v) is 11.5. The number of hydrogen-bond donors (Lipinski definition) is 0. The highest BCUT2D eigenvalue weighted by molar-refractivity contribution is 4.90. The van der Waals surface area contributed by atoms with Gasteiger partial charge in [0.15, 0.2) is 11.6 Å². The smallest absolute Gasteiger partial charge is 0.163 e. The van der Waals surface area contributed by atoms with Crippen LogP contribution in [0.2, 0.25) is 0 Å². The molecule has 17 heavy (non-hydrogen) atoms. The van der Waals surface area contributed by atoms with Crippen molar-refractivity contribution in [2.45, 2.75) is 77.3 Å². The van der Waals surface area contributed by atoms with Crippen molar-refractivity contribution in [3.05, 3.63) is 0 Å². The molecular formula is C13H24O4. The van der Waals surface area contributed by atoms with Crippen LogP contribution in [0.4, 0.5) is 0 Å². The summed E-state index contributed by atoms with van der Waals surface area (Å²) in [5, 5.41) is 0. The molecule has 4 heteroatoms. The lowest BCUT2D eigenvalue weighted by Crippen LogP contribution is -2.38. The molecule has 0 radical (unpaired) electrons. The maximum Gasteiger partial charge on any atom is 0.163 e. The van der Waals surface area contributed by atoms with Crippen LogP contribution < -0.4 is 0 Å². The molecule has 0 aromatic rings. The van der Waals surface area contributed by atoms with Gasteiger partial charge >= 0.3 is 0 Å². The van der Waals surface area contributed by atoms with Gasteiger partial charge in [-0.1, -0.05) is 13.3 Å². The first-order valence-electron chi connectivity index (χ1n) is 6.50. The van der Waals surface area contributed by atoms with Gasteiger partial charge in [-0.25, -0.2) is 0 Å². The van der Waals surface area contributed by atoms with Crippen LogP contribution in [0.25, 0.3) is 0 Å². The van der Waals surface area contributed by atoms with Crippen LogP contribution in [-0.2, 0) is 18.9 Å². The summed E-state index contributed by atoms with van der Waals surface area (Å²) in [5.41, 5.74) is 0. The lowest BCUT2D eigenvalue weighted by Gasteiger charge is -2.23. The van der Waals surface area contributed by atoms with E-state index in [1.54, 1.807) is 0 Å². The van der Waals surface area contributed by atoms with Crippen molar-refractivity contribution in [1.82, 2.24) is 0 Å². The molecule has 4 nitrogen and oxygen atoms in total. The normalized spacial score (nSPS) is 39.7. The van der Waals surface area contributed by atoms with E-state index < -0.39 is 11.6 Å². The van der Waals surface area contributed by atoms with Crippen molar-refractivity contribution in [1.29, 1.82) is 0 Å². The molecule has 2 saturated heterocycles. The summed E-state index contributed by atoms with van der Waals surface area (Å²) >= 11 is 0. The maximum absolute atomic E-state index is 5.96. The van der Waals surface area contributed by atoms with Gasteiger partial charge in [-0.15, -0.1) is 0 Å². The topological polar surface area (TPSA) is 36.9 Å². The van der Waals surface area contributed by atoms with Gasteiger partial charge in [0.2, 0.25) is 0 Å². The third kappa shape index (κ3) is 2.99. The molecular weight excluding hydrogens is 220 g/mol. The summed E-state index contributed by atoms with van der Waals surface area (Å²) in [6, 6.07) is 0. The van der Waals surface area contributed by atoms with E-state index in [4.69, 9.17) is 18.9 Å². The van der Waals surface area contributed by atoms with Gasteiger partial charge in [0.1, 0.15) is 12.2 Å². The Morgan fingerprint density at radius 2 is 1.71 bits per heavy atom. The minimum atomic E-state index is -0.513. The highest BCUT2D eigenvalue weighted by Crippen LogP contribution is 2.36. The van der Waals surface area contributed by atoms with Crippen molar-refractivity contribution >= 4 is 0 Å². The second-order valence-corrected chi connectivity index (χ2v) is 5.79. The van der Waals surface area contributed by atoms with Gasteiger partial charge in [-0.05, 0) is 34.1 Å². The van der Waals surface area contributed by atoms with Crippen molar-refractivity contribution in [2.75, 3.05) is 6.61 Å². The molecule has 0 spiro atoms. The zero-order chi connectivity index (χ0) is 12.7. The molecule has 2 aliphatic heterocycles. The van der Waals surface area contributed by atoms with Crippen LogP contribution in [0.1, 0.15) is 47.5 Å². The Hall–Kier alpha value is -0.160. The minimum Gasteiger partial charge on any atom is -0.348 e. The number of hydrogen-bond acceptors (Lipinski definition) is 4. The lowest BCUT2D eigenvalue weighted by molar-refractivity contribution is -0.174. The molecule has 0 amide bonds. The summed E-state index contributed by atoms with van der Waals surface area (Å²) < 4.78 is 23.4. The quantitative estimate of drug-likeness (QED) is 0.764. The molecule has 2 fully saturated rings.